The van der Waals surface area contributed by atoms with Crippen molar-refractivity contribution in [2.45, 2.75) is 46.2 Å². The number of carbonyl (C=O) groups is 1. The number of rotatable bonds is 6. The molecular formula is C22H28ClN3O3. The van der Waals surface area contributed by atoms with Crippen LogP contribution in [0.5, 0.6) is 0 Å². The van der Waals surface area contributed by atoms with Gasteiger partial charge >= 0.3 is 0 Å². The molecule has 1 aromatic carbocycles. The standard InChI is InChI=1S/C22H28ClN3O3/c1-4-26(16-8-10-29-11-9-16)19-7-5-6-17(20(19)23)21(27)24-13-18-14(2)12-15(3)25-22(18)28/h5-7,12,16H,4,8-11,13H2,1-3H3,(H,24,27)(H,25,28). The van der Waals surface area contributed by atoms with Gasteiger partial charge in [0.15, 0.2) is 0 Å². The minimum Gasteiger partial charge on any atom is -0.381 e. The third-order valence-corrected chi connectivity index (χ3v) is 5.82. The summed E-state index contributed by atoms with van der Waals surface area (Å²) in [5.74, 6) is -0.292. The largest absolute Gasteiger partial charge is 0.381 e. The zero-order valence-corrected chi connectivity index (χ0v) is 17.9. The number of nitrogens with zero attached hydrogens (tertiary/aromatic N) is 1. The molecule has 2 aromatic rings. The van der Waals surface area contributed by atoms with Gasteiger partial charge in [-0.25, -0.2) is 0 Å². The average Bonchev–Trinajstić information content (AvgIpc) is 2.69. The lowest BCUT2D eigenvalue weighted by Gasteiger charge is -2.36. The Labute approximate surface area is 176 Å². The van der Waals surface area contributed by atoms with E-state index < -0.39 is 0 Å². The minimum absolute atomic E-state index is 0.151. The summed E-state index contributed by atoms with van der Waals surface area (Å²) in [4.78, 5) is 30.0. The first-order valence-electron chi connectivity index (χ1n) is 10.0. The Morgan fingerprint density at radius 2 is 2.03 bits per heavy atom. The van der Waals surface area contributed by atoms with Gasteiger partial charge in [0, 0.05) is 43.6 Å². The Bertz CT molecular complexity index is 935. The smallest absolute Gasteiger partial charge is 0.253 e. The second-order valence-electron chi connectivity index (χ2n) is 7.39. The maximum Gasteiger partial charge on any atom is 0.253 e. The number of pyridine rings is 1. The summed E-state index contributed by atoms with van der Waals surface area (Å²) in [6, 6.07) is 7.75. The number of benzene rings is 1. The number of carbonyl (C=O) groups excluding carboxylic acids is 1. The van der Waals surface area contributed by atoms with Gasteiger partial charge in [-0.3, -0.25) is 9.59 Å². The molecule has 6 nitrogen and oxygen atoms in total. The highest BCUT2D eigenvalue weighted by molar-refractivity contribution is 6.36. The van der Waals surface area contributed by atoms with Crippen LogP contribution in [-0.2, 0) is 11.3 Å². The molecule has 0 atom stereocenters. The van der Waals surface area contributed by atoms with E-state index in [0.29, 0.717) is 22.2 Å². The number of aromatic nitrogens is 1. The Morgan fingerprint density at radius 1 is 1.31 bits per heavy atom. The summed E-state index contributed by atoms with van der Waals surface area (Å²) in [6.07, 6.45) is 1.88. The van der Waals surface area contributed by atoms with E-state index in [1.54, 1.807) is 6.07 Å². The Morgan fingerprint density at radius 3 is 2.69 bits per heavy atom. The van der Waals surface area contributed by atoms with Crippen LogP contribution in [0, 0.1) is 13.8 Å². The number of H-pyrrole nitrogens is 1. The zero-order valence-electron chi connectivity index (χ0n) is 17.2. The van der Waals surface area contributed by atoms with Crippen molar-refractivity contribution in [1.29, 1.82) is 0 Å². The molecule has 0 radical (unpaired) electrons. The lowest BCUT2D eigenvalue weighted by molar-refractivity contribution is 0.0846. The molecule has 0 aliphatic carbocycles. The van der Waals surface area contributed by atoms with Crippen LogP contribution >= 0.6 is 11.6 Å². The minimum atomic E-state index is -0.292. The molecule has 2 heterocycles. The normalized spacial score (nSPS) is 14.6. The van der Waals surface area contributed by atoms with E-state index >= 15 is 0 Å². The molecule has 1 fully saturated rings. The predicted molar refractivity (Wildman–Crippen MR) is 116 cm³/mol. The molecule has 0 bridgehead atoms. The van der Waals surface area contributed by atoms with Gasteiger partial charge in [-0.1, -0.05) is 17.7 Å². The molecule has 7 heteroatoms. The maximum atomic E-state index is 12.8. The number of amides is 1. The van der Waals surface area contributed by atoms with Crippen LogP contribution in [0.4, 0.5) is 5.69 Å². The van der Waals surface area contributed by atoms with Crippen LogP contribution < -0.4 is 15.8 Å². The summed E-state index contributed by atoms with van der Waals surface area (Å²) in [6.45, 7) is 8.22. The van der Waals surface area contributed by atoms with Gasteiger partial charge in [-0.2, -0.15) is 0 Å². The van der Waals surface area contributed by atoms with Crippen LogP contribution in [0.2, 0.25) is 5.02 Å². The predicted octanol–water partition coefficient (Wildman–Crippen LogP) is 3.58. The molecule has 29 heavy (non-hydrogen) atoms. The summed E-state index contributed by atoms with van der Waals surface area (Å²) >= 11 is 6.66. The number of nitrogens with one attached hydrogen (secondary N) is 2. The van der Waals surface area contributed by atoms with Crippen LogP contribution in [0.15, 0.2) is 29.1 Å². The highest BCUT2D eigenvalue weighted by Crippen LogP contribution is 2.32. The first-order chi connectivity index (χ1) is 13.9. The molecule has 2 N–H and O–H groups in total. The van der Waals surface area contributed by atoms with E-state index in [1.165, 1.54) is 0 Å². The first kappa shape index (κ1) is 21.4. The number of aromatic amines is 1. The van der Waals surface area contributed by atoms with Crippen molar-refractivity contribution < 1.29 is 9.53 Å². The average molecular weight is 418 g/mol. The van der Waals surface area contributed by atoms with Crippen molar-refractivity contribution in [1.82, 2.24) is 10.3 Å². The van der Waals surface area contributed by atoms with Crippen molar-refractivity contribution in [3.05, 3.63) is 62.0 Å². The van der Waals surface area contributed by atoms with Gasteiger partial charge < -0.3 is 19.9 Å². The molecule has 1 aromatic heterocycles. The van der Waals surface area contributed by atoms with Crippen LogP contribution in [0.25, 0.3) is 0 Å². The van der Waals surface area contributed by atoms with E-state index in [0.717, 1.165) is 49.5 Å². The van der Waals surface area contributed by atoms with Crippen LogP contribution in [0.3, 0.4) is 0 Å². The monoisotopic (exact) mass is 417 g/mol. The topological polar surface area (TPSA) is 74.4 Å². The Balaban J connectivity index is 1.79. The van der Waals surface area contributed by atoms with Crippen molar-refractivity contribution in [3.8, 4) is 0 Å². The van der Waals surface area contributed by atoms with E-state index in [2.05, 4.69) is 22.1 Å². The van der Waals surface area contributed by atoms with E-state index in [-0.39, 0.29) is 18.0 Å². The van der Waals surface area contributed by atoms with Gasteiger partial charge in [0.2, 0.25) is 0 Å². The van der Waals surface area contributed by atoms with Crippen molar-refractivity contribution in [2.75, 3.05) is 24.7 Å². The number of aryl methyl sites for hydroxylation is 2. The maximum absolute atomic E-state index is 12.8. The zero-order chi connectivity index (χ0) is 21.0. The van der Waals surface area contributed by atoms with Gasteiger partial charge in [-0.05, 0) is 57.4 Å². The number of hydrogen-bond acceptors (Lipinski definition) is 4. The molecule has 1 aliphatic rings. The SMILES string of the molecule is CCN(c1cccc(C(=O)NCc2c(C)cc(C)[nH]c2=O)c1Cl)C1CCOCC1. The molecule has 1 saturated heterocycles. The quantitative estimate of drug-likeness (QED) is 0.753. The lowest BCUT2D eigenvalue weighted by Crippen LogP contribution is -2.39. The van der Waals surface area contributed by atoms with Crippen molar-refractivity contribution in [2.24, 2.45) is 0 Å². The highest BCUT2D eigenvalue weighted by atomic mass is 35.5. The Hall–Kier alpha value is -2.31. The third-order valence-electron chi connectivity index (χ3n) is 5.42. The number of halogens is 1. The fourth-order valence-electron chi connectivity index (χ4n) is 3.90. The second kappa shape index (κ2) is 9.46. The van der Waals surface area contributed by atoms with Gasteiger partial charge in [0.25, 0.3) is 11.5 Å². The van der Waals surface area contributed by atoms with Crippen molar-refractivity contribution in [3.63, 3.8) is 0 Å². The fraction of sp³-hybridized carbons (Fsp3) is 0.455. The third kappa shape index (κ3) is 4.82. The second-order valence-corrected chi connectivity index (χ2v) is 7.77. The summed E-state index contributed by atoms with van der Waals surface area (Å²) in [5.41, 5.74) is 3.29. The summed E-state index contributed by atoms with van der Waals surface area (Å²) < 4.78 is 5.47. The van der Waals surface area contributed by atoms with Gasteiger partial charge in [0.1, 0.15) is 0 Å². The number of ether oxygens (including phenoxy) is 1. The molecule has 3 rings (SSSR count). The molecule has 1 amide bonds. The number of anilines is 1. The van der Waals surface area contributed by atoms with Gasteiger partial charge in [-0.15, -0.1) is 0 Å². The highest BCUT2D eigenvalue weighted by Gasteiger charge is 2.24. The summed E-state index contributed by atoms with van der Waals surface area (Å²) in [7, 11) is 0. The molecule has 156 valence electrons. The van der Waals surface area contributed by atoms with Crippen molar-refractivity contribution >= 4 is 23.2 Å². The first-order valence-corrected chi connectivity index (χ1v) is 10.4. The molecule has 1 aliphatic heterocycles. The van der Waals surface area contributed by atoms with Crippen LogP contribution in [0.1, 0.15) is 46.9 Å². The van der Waals surface area contributed by atoms with Crippen LogP contribution in [-0.4, -0.2) is 36.7 Å². The van der Waals surface area contributed by atoms with Gasteiger partial charge in [0.05, 0.1) is 16.3 Å². The molecule has 0 spiro atoms. The Kier molecular flexibility index (Phi) is 6.98. The van der Waals surface area contributed by atoms with E-state index in [4.69, 9.17) is 16.3 Å². The van der Waals surface area contributed by atoms with E-state index in [1.807, 2.05) is 32.0 Å². The summed E-state index contributed by atoms with van der Waals surface area (Å²) in [5, 5.41) is 3.28. The molecular weight excluding hydrogens is 390 g/mol. The number of hydrogen-bond donors (Lipinski definition) is 2. The fourth-order valence-corrected chi connectivity index (χ4v) is 4.22. The lowest BCUT2D eigenvalue weighted by atomic mass is 10.0. The molecule has 0 unspecified atom stereocenters. The van der Waals surface area contributed by atoms with E-state index in [9.17, 15) is 9.59 Å². The molecule has 0 saturated carbocycles.